The highest BCUT2D eigenvalue weighted by Crippen LogP contribution is 2.39. The van der Waals surface area contributed by atoms with E-state index in [2.05, 4.69) is 36.8 Å². The first-order valence-corrected chi connectivity index (χ1v) is 17.0. The Morgan fingerprint density at radius 1 is 1.08 bits per heavy atom. The van der Waals surface area contributed by atoms with E-state index in [1.165, 1.54) is 19.2 Å². The normalized spacial score (nSPS) is 23.2. The van der Waals surface area contributed by atoms with Gasteiger partial charge in [-0.15, -0.1) is 10.2 Å². The standard InChI is InChI=1S/C34H43N11O4/c1-22(16-43-21-37-41-42-43)49-31-14-23(4-5-24(31)15-35)29-12-13-36-33(38-29)39-30-17-44(40-32(30)48-20-34(2,3)46)25-6-8-26(9-7-25)45-27-10-11-28(45)19-47-18-27/h4-5,12-14,17,21-22,25-28,46H,6-11,16,18-20H2,1-3H3,(H,36,38,39)/t22-,25-,26-,27-,28+/m0/s1. The van der Waals surface area contributed by atoms with Crippen LogP contribution in [0.3, 0.4) is 0 Å². The predicted molar refractivity (Wildman–Crippen MR) is 178 cm³/mol. The number of aromatic nitrogens is 8. The van der Waals surface area contributed by atoms with Crippen LogP contribution in [0.2, 0.25) is 0 Å². The molecule has 0 radical (unpaired) electrons. The predicted octanol–water partition coefficient (Wildman–Crippen LogP) is 3.91. The minimum atomic E-state index is -1.04. The number of nitriles is 1. The maximum Gasteiger partial charge on any atom is 0.257 e. The van der Waals surface area contributed by atoms with E-state index in [4.69, 9.17) is 24.3 Å². The van der Waals surface area contributed by atoms with Crippen LogP contribution in [0.25, 0.3) is 11.3 Å². The number of fused-ring (bicyclic) bond motifs is 2. The van der Waals surface area contributed by atoms with Crippen LogP contribution in [0, 0.1) is 11.3 Å². The highest BCUT2D eigenvalue weighted by atomic mass is 16.5. The molecule has 5 heterocycles. The topological polar surface area (TPSA) is 174 Å². The molecule has 1 saturated carbocycles. The molecule has 0 spiro atoms. The van der Waals surface area contributed by atoms with E-state index in [-0.39, 0.29) is 18.8 Å². The summed E-state index contributed by atoms with van der Waals surface area (Å²) in [5.74, 6) is 1.18. The molecule has 3 fully saturated rings. The van der Waals surface area contributed by atoms with Crippen molar-refractivity contribution >= 4 is 11.6 Å². The molecule has 3 atom stereocenters. The van der Waals surface area contributed by atoms with Crippen molar-refractivity contribution in [2.75, 3.05) is 25.1 Å². The molecule has 1 aliphatic carbocycles. The van der Waals surface area contributed by atoms with Gasteiger partial charge in [-0.3, -0.25) is 9.58 Å². The molecule has 4 aromatic rings. The number of benzene rings is 1. The second-order valence-corrected chi connectivity index (χ2v) is 13.9. The van der Waals surface area contributed by atoms with Crippen molar-refractivity contribution in [3.63, 3.8) is 0 Å². The summed E-state index contributed by atoms with van der Waals surface area (Å²) in [5.41, 5.74) is 1.39. The number of rotatable bonds is 12. The van der Waals surface area contributed by atoms with E-state index in [1.54, 1.807) is 42.9 Å². The molecule has 0 unspecified atom stereocenters. The van der Waals surface area contributed by atoms with Crippen molar-refractivity contribution in [2.24, 2.45) is 0 Å². The maximum atomic E-state index is 10.4. The first-order chi connectivity index (χ1) is 23.7. The Bertz CT molecular complexity index is 1740. The third-order valence-electron chi connectivity index (χ3n) is 9.48. The van der Waals surface area contributed by atoms with Gasteiger partial charge in [0.25, 0.3) is 5.88 Å². The molecule has 7 rings (SSSR count). The van der Waals surface area contributed by atoms with E-state index in [0.717, 1.165) is 44.5 Å². The molecule has 15 nitrogen and oxygen atoms in total. The number of hydrogen-bond acceptors (Lipinski definition) is 13. The number of anilines is 2. The fourth-order valence-corrected chi connectivity index (χ4v) is 7.23. The fraction of sp³-hybridized carbons (Fsp3) is 0.559. The number of hydrogen-bond donors (Lipinski definition) is 2. The summed E-state index contributed by atoms with van der Waals surface area (Å²) in [5, 5.41) is 39.5. The Labute approximate surface area is 285 Å². The zero-order valence-electron chi connectivity index (χ0n) is 28.1. The van der Waals surface area contributed by atoms with Gasteiger partial charge in [0.1, 0.15) is 36.5 Å². The van der Waals surface area contributed by atoms with Crippen LogP contribution in [0.4, 0.5) is 11.6 Å². The zero-order valence-corrected chi connectivity index (χ0v) is 28.1. The van der Waals surface area contributed by atoms with Crippen molar-refractivity contribution in [1.82, 2.24) is 44.9 Å². The van der Waals surface area contributed by atoms with Crippen LogP contribution in [-0.2, 0) is 11.3 Å². The Balaban J connectivity index is 1.07. The summed E-state index contributed by atoms with van der Waals surface area (Å²) in [6.45, 7) is 7.50. The molecule has 2 saturated heterocycles. The van der Waals surface area contributed by atoms with E-state index in [1.807, 2.05) is 23.9 Å². The number of ether oxygens (including phenoxy) is 3. The van der Waals surface area contributed by atoms with Gasteiger partial charge in [0.15, 0.2) is 0 Å². The van der Waals surface area contributed by atoms with E-state index < -0.39 is 5.60 Å². The second kappa shape index (κ2) is 14.1. The van der Waals surface area contributed by atoms with Crippen LogP contribution in [0.15, 0.2) is 43.0 Å². The van der Waals surface area contributed by atoms with Crippen molar-refractivity contribution < 1.29 is 19.3 Å². The third kappa shape index (κ3) is 7.66. The van der Waals surface area contributed by atoms with E-state index in [9.17, 15) is 10.4 Å². The van der Waals surface area contributed by atoms with Gasteiger partial charge in [0.05, 0.1) is 48.9 Å². The highest BCUT2D eigenvalue weighted by Gasteiger charge is 2.42. The Morgan fingerprint density at radius 3 is 2.55 bits per heavy atom. The lowest BCUT2D eigenvalue weighted by molar-refractivity contribution is -0.0458. The molecular formula is C34H43N11O4. The minimum absolute atomic E-state index is 0.0754. The SMILES string of the molecule is C[C@@H](Cn1cnnn1)Oc1cc(-c2ccnc(Nc3cn([C@H]4CC[C@H](N5[C@@H]6CC[C@H]5COC6)CC4)nc3OCC(C)(C)O)n2)ccc1C#N. The molecule has 3 aromatic heterocycles. The Morgan fingerprint density at radius 2 is 1.84 bits per heavy atom. The molecule has 2 bridgehead atoms. The van der Waals surface area contributed by atoms with Crippen LogP contribution < -0.4 is 14.8 Å². The summed E-state index contributed by atoms with van der Waals surface area (Å²) in [7, 11) is 0. The van der Waals surface area contributed by atoms with Crippen LogP contribution in [-0.4, -0.2) is 99.6 Å². The van der Waals surface area contributed by atoms with Gasteiger partial charge in [0, 0.05) is 29.9 Å². The molecule has 2 N–H and O–H groups in total. The molecule has 49 heavy (non-hydrogen) atoms. The first kappa shape index (κ1) is 32.9. The lowest BCUT2D eigenvalue weighted by Gasteiger charge is -2.43. The Hall–Kier alpha value is -4.65. The monoisotopic (exact) mass is 669 g/mol. The summed E-state index contributed by atoms with van der Waals surface area (Å²) in [4.78, 5) is 12.0. The van der Waals surface area contributed by atoms with Gasteiger partial charge < -0.3 is 24.6 Å². The molecule has 3 aliphatic rings. The summed E-state index contributed by atoms with van der Waals surface area (Å²) in [6, 6.07) is 11.3. The lowest BCUT2D eigenvalue weighted by Crippen LogP contribution is -2.52. The number of nitrogens with one attached hydrogen (secondary N) is 1. The highest BCUT2D eigenvalue weighted by molar-refractivity contribution is 5.66. The van der Waals surface area contributed by atoms with Crippen molar-refractivity contribution in [2.45, 2.75) is 102 Å². The lowest BCUT2D eigenvalue weighted by atomic mass is 9.89. The van der Waals surface area contributed by atoms with Gasteiger partial charge in [-0.25, -0.2) is 14.6 Å². The minimum Gasteiger partial charge on any atom is -0.487 e. The molecule has 15 heteroatoms. The van der Waals surface area contributed by atoms with Crippen molar-refractivity contribution in [3.8, 4) is 29.0 Å². The number of aliphatic hydroxyl groups is 1. The van der Waals surface area contributed by atoms with Crippen LogP contribution in [0.5, 0.6) is 11.6 Å². The van der Waals surface area contributed by atoms with Gasteiger partial charge >= 0.3 is 0 Å². The first-order valence-electron chi connectivity index (χ1n) is 17.0. The van der Waals surface area contributed by atoms with Gasteiger partial charge in [-0.2, -0.15) is 5.26 Å². The maximum absolute atomic E-state index is 10.4. The molecular weight excluding hydrogens is 626 g/mol. The summed E-state index contributed by atoms with van der Waals surface area (Å²) in [6.07, 6.45) is 11.6. The van der Waals surface area contributed by atoms with Crippen LogP contribution >= 0.6 is 0 Å². The average Bonchev–Trinajstić information content (AvgIpc) is 3.81. The van der Waals surface area contributed by atoms with Crippen LogP contribution in [0.1, 0.15) is 70.9 Å². The molecule has 258 valence electrons. The fourth-order valence-electron chi connectivity index (χ4n) is 7.23. The summed E-state index contributed by atoms with van der Waals surface area (Å²) < 4.78 is 21.6. The quantitative estimate of drug-likeness (QED) is 0.222. The molecule has 2 aliphatic heterocycles. The number of morpholine rings is 1. The second-order valence-electron chi connectivity index (χ2n) is 13.9. The number of tetrazole rings is 1. The molecule has 0 amide bonds. The van der Waals surface area contributed by atoms with Crippen molar-refractivity contribution in [1.29, 1.82) is 5.26 Å². The van der Waals surface area contributed by atoms with Crippen molar-refractivity contribution in [3.05, 3.63) is 48.5 Å². The number of nitrogens with zero attached hydrogens (tertiary/aromatic N) is 10. The van der Waals surface area contributed by atoms with Gasteiger partial charge in [-0.05, 0) is 87.9 Å². The Kier molecular flexibility index (Phi) is 9.44. The van der Waals surface area contributed by atoms with E-state index >= 15 is 0 Å². The molecule has 1 aromatic carbocycles. The van der Waals surface area contributed by atoms with Gasteiger partial charge in [-0.1, -0.05) is 6.07 Å². The van der Waals surface area contributed by atoms with Gasteiger partial charge in [0.2, 0.25) is 5.95 Å². The van der Waals surface area contributed by atoms with E-state index in [0.29, 0.717) is 59.2 Å². The average molecular weight is 670 g/mol. The third-order valence-corrected chi connectivity index (χ3v) is 9.48. The zero-order chi connectivity index (χ0) is 34.0. The largest absolute Gasteiger partial charge is 0.487 e. The smallest absolute Gasteiger partial charge is 0.257 e. The summed E-state index contributed by atoms with van der Waals surface area (Å²) >= 11 is 0.